The van der Waals surface area contributed by atoms with Gasteiger partial charge in [-0.25, -0.2) is 0 Å². The Kier molecular flexibility index (Phi) is 5.92. The first-order valence-electron chi connectivity index (χ1n) is 9.37. The van der Waals surface area contributed by atoms with Crippen LogP contribution in [-0.2, 0) is 17.8 Å². The predicted octanol–water partition coefficient (Wildman–Crippen LogP) is 1.64. The van der Waals surface area contributed by atoms with Crippen LogP contribution < -0.4 is 21.8 Å². The molecule has 8 heteroatoms. The zero-order valence-corrected chi connectivity index (χ0v) is 16.2. The maximum absolute atomic E-state index is 12.4. The summed E-state index contributed by atoms with van der Waals surface area (Å²) in [7, 11) is 0. The lowest BCUT2D eigenvalue weighted by atomic mass is 10.1. The molecule has 2 aromatic carbocycles. The number of aromatic nitrogens is 2. The molecule has 0 radical (unpaired) electrons. The highest BCUT2D eigenvalue weighted by Gasteiger charge is 2.12. The number of H-pyrrole nitrogens is 1. The molecule has 2 amide bonds. The Labute approximate surface area is 166 Å². The van der Waals surface area contributed by atoms with E-state index in [2.05, 4.69) is 15.6 Å². The minimum absolute atomic E-state index is 0.195. The van der Waals surface area contributed by atoms with E-state index in [-0.39, 0.29) is 18.0 Å². The fourth-order valence-electron chi connectivity index (χ4n) is 3.14. The van der Waals surface area contributed by atoms with E-state index in [9.17, 15) is 19.2 Å². The molecular weight excluding hydrogens is 372 g/mol. The van der Waals surface area contributed by atoms with E-state index in [0.29, 0.717) is 17.6 Å². The molecule has 0 aliphatic rings. The van der Waals surface area contributed by atoms with Crippen molar-refractivity contribution in [2.75, 3.05) is 11.9 Å². The average molecular weight is 394 g/mol. The van der Waals surface area contributed by atoms with Gasteiger partial charge < -0.3 is 20.2 Å². The average Bonchev–Trinajstić information content (AvgIpc) is 2.73. The summed E-state index contributed by atoms with van der Waals surface area (Å²) in [6.45, 7) is 3.90. The van der Waals surface area contributed by atoms with Crippen LogP contribution in [-0.4, -0.2) is 27.9 Å². The van der Waals surface area contributed by atoms with Gasteiger partial charge in [0.05, 0.1) is 17.6 Å². The largest absolute Gasteiger partial charge is 0.343 e. The topological polar surface area (TPSA) is 113 Å². The summed E-state index contributed by atoms with van der Waals surface area (Å²) in [5.41, 5.74) is 1.53. The molecule has 0 fully saturated rings. The number of hydrogen-bond acceptors (Lipinski definition) is 4. The Balaban J connectivity index is 1.73. The smallest absolute Gasteiger partial charge is 0.316 e. The van der Waals surface area contributed by atoms with Crippen LogP contribution in [0.25, 0.3) is 11.0 Å². The Bertz CT molecular complexity index is 1190. The van der Waals surface area contributed by atoms with Gasteiger partial charge in [0.25, 0.3) is 5.91 Å². The van der Waals surface area contributed by atoms with Crippen molar-refractivity contribution in [3.8, 4) is 0 Å². The van der Waals surface area contributed by atoms with Gasteiger partial charge >= 0.3 is 11.1 Å². The number of fused-ring (bicyclic) bond motifs is 1. The van der Waals surface area contributed by atoms with Crippen molar-refractivity contribution in [3.63, 3.8) is 0 Å². The van der Waals surface area contributed by atoms with Crippen LogP contribution in [0.15, 0.2) is 52.1 Å². The van der Waals surface area contributed by atoms with Crippen LogP contribution in [0.3, 0.4) is 0 Å². The summed E-state index contributed by atoms with van der Waals surface area (Å²) in [6, 6.07) is 12.1. The number of nitrogens with one attached hydrogen (secondary N) is 3. The quantitative estimate of drug-likeness (QED) is 0.552. The number of para-hydroxylation sites is 1. The van der Waals surface area contributed by atoms with Gasteiger partial charge in [-0.1, -0.05) is 25.1 Å². The Morgan fingerprint density at radius 2 is 1.83 bits per heavy atom. The van der Waals surface area contributed by atoms with Crippen LogP contribution in [0.5, 0.6) is 0 Å². The molecule has 0 unspecified atom stereocenters. The number of hydrogen-bond donors (Lipinski definition) is 3. The maximum atomic E-state index is 12.4. The van der Waals surface area contributed by atoms with Gasteiger partial charge in [0.15, 0.2) is 0 Å². The first-order valence-corrected chi connectivity index (χ1v) is 9.37. The summed E-state index contributed by atoms with van der Waals surface area (Å²) in [4.78, 5) is 50.8. The zero-order valence-electron chi connectivity index (χ0n) is 16.2. The summed E-state index contributed by atoms with van der Waals surface area (Å²) in [5.74, 6) is -0.797. The van der Waals surface area contributed by atoms with Crippen molar-refractivity contribution in [2.24, 2.45) is 0 Å². The van der Waals surface area contributed by atoms with E-state index >= 15 is 0 Å². The van der Waals surface area contributed by atoms with Crippen LogP contribution in [0.4, 0.5) is 5.69 Å². The lowest BCUT2D eigenvalue weighted by Crippen LogP contribution is -2.36. The molecule has 1 aromatic heterocycles. The monoisotopic (exact) mass is 394 g/mol. The number of aromatic amines is 1. The maximum Gasteiger partial charge on any atom is 0.316 e. The number of carbonyl (C=O) groups excluding carboxylic acids is 2. The third-order valence-corrected chi connectivity index (χ3v) is 4.64. The van der Waals surface area contributed by atoms with Crippen molar-refractivity contribution < 1.29 is 9.59 Å². The number of rotatable bonds is 6. The first kappa shape index (κ1) is 20.1. The molecule has 0 saturated carbocycles. The second-order valence-corrected chi connectivity index (χ2v) is 6.48. The number of benzene rings is 2. The molecular formula is C21H22N4O4. The molecule has 0 aliphatic heterocycles. The molecule has 8 nitrogen and oxygen atoms in total. The van der Waals surface area contributed by atoms with Crippen LogP contribution in [0, 0.1) is 0 Å². The highest BCUT2D eigenvalue weighted by atomic mass is 16.2. The van der Waals surface area contributed by atoms with Crippen molar-refractivity contribution in [1.29, 1.82) is 0 Å². The number of amides is 2. The lowest BCUT2D eigenvalue weighted by molar-refractivity contribution is -0.115. The van der Waals surface area contributed by atoms with Gasteiger partial charge in [0.2, 0.25) is 5.91 Å². The Hall–Kier alpha value is -3.68. The Morgan fingerprint density at radius 3 is 2.55 bits per heavy atom. The minimum atomic E-state index is -0.745. The van der Waals surface area contributed by atoms with Gasteiger partial charge in [0, 0.05) is 17.8 Å². The van der Waals surface area contributed by atoms with Crippen LogP contribution >= 0.6 is 0 Å². The fourth-order valence-corrected chi connectivity index (χ4v) is 3.14. The molecule has 3 rings (SSSR count). The molecule has 3 aromatic rings. The molecule has 0 aliphatic carbocycles. The summed E-state index contributed by atoms with van der Waals surface area (Å²) in [5, 5.41) is 5.35. The fraction of sp³-hybridized carbons (Fsp3) is 0.238. The van der Waals surface area contributed by atoms with E-state index in [1.54, 1.807) is 19.1 Å². The number of nitrogens with zero attached hydrogens (tertiary/aromatic N) is 1. The van der Waals surface area contributed by atoms with Gasteiger partial charge in [-0.2, -0.15) is 0 Å². The second-order valence-electron chi connectivity index (χ2n) is 6.48. The van der Waals surface area contributed by atoms with Gasteiger partial charge in [0.1, 0.15) is 0 Å². The molecule has 0 bridgehead atoms. The summed E-state index contributed by atoms with van der Waals surface area (Å²) in [6.07, 6.45) is 0.779. The van der Waals surface area contributed by atoms with Crippen molar-refractivity contribution in [3.05, 3.63) is 74.3 Å². The summed E-state index contributed by atoms with van der Waals surface area (Å²) < 4.78 is 1.34. The third-order valence-electron chi connectivity index (χ3n) is 4.64. The normalized spacial score (nSPS) is 10.7. The number of carbonyl (C=O) groups is 2. The second kappa shape index (κ2) is 8.55. The van der Waals surface area contributed by atoms with E-state index in [1.165, 1.54) is 10.6 Å². The van der Waals surface area contributed by atoms with Crippen LogP contribution in [0.1, 0.15) is 29.8 Å². The highest BCUT2D eigenvalue weighted by Crippen LogP contribution is 2.15. The zero-order chi connectivity index (χ0) is 21.0. The van der Waals surface area contributed by atoms with Crippen LogP contribution in [0.2, 0.25) is 0 Å². The molecule has 0 saturated heterocycles. The predicted molar refractivity (Wildman–Crippen MR) is 111 cm³/mol. The van der Waals surface area contributed by atoms with Crippen molar-refractivity contribution in [1.82, 2.24) is 14.9 Å². The van der Waals surface area contributed by atoms with Gasteiger partial charge in [-0.05, 0) is 43.2 Å². The van der Waals surface area contributed by atoms with Crippen molar-refractivity contribution >= 4 is 28.5 Å². The highest BCUT2D eigenvalue weighted by molar-refractivity contribution is 6.01. The molecule has 0 spiro atoms. The Morgan fingerprint density at radius 1 is 1.07 bits per heavy atom. The molecule has 3 N–H and O–H groups in total. The standard InChI is InChI=1S/C21H22N4O4/c1-3-13-7-5-6-8-15(13)23-18(26)12-22-19(27)14-9-10-17-16(11-14)24-20(28)21(29)25(17)4-2/h5-11H,3-4,12H2,1-2H3,(H,22,27)(H,23,26)(H,24,28). The first-order chi connectivity index (χ1) is 13.9. The number of anilines is 1. The van der Waals surface area contributed by atoms with E-state index in [0.717, 1.165) is 17.7 Å². The van der Waals surface area contributed by atoms with Gasteiger partial charge in [-0.3, -0.25) is 19.2 Å². The lowest BCUT2D eigenvalue weighted by Gasteiger charge is -2.11. The SMILES string of the molecule is CCc1ccccc1NC(=O)CNC(=O)c1ccc2c(c1)[nH]c(=O)c(=O)n2CC. The number of aryl methyl sites for hydroxylation is 2. The van der Waals surface area contributed by atoms with E-state index < -0.39 is 17.0 Å². The third kappa shape index (κ3) is 4.26. The molecule has 150 valence electrons. The summed E-state index contributed by atoms with van der Waals surface area (Å²) >= 11 is 0. The molecule has 29 heavy (non-hydrogen) atoms. The van der Waals surface area contributed by atoms with E-state index in [1.807, 2.05) is 31.2 Å². The molecule has 0 atom stereocenters. The van der Waals surface area contributed by atoms with Gasteiger partial charge in [-0.15, -0.1) is 0 Å². The van der Waals surface area contributed by atoms with Crippen molar-refractivity contribution in [2.45, 2.75) is 26.8 Å². The molecule has 1 heterocycles. The van der Waals surface area contributed by atoms with E-state index in [4.69, 9.17) is 0 Å². The minimum Gasteiger partial charge on any atom is -0.343 e.